The van der Waals surface area contributed by atoms with Crippen LogP contribution in [0.3, 0.4) is 0 Å². The zero-order valence-electron chi connectivity index (χ0n) is 12.4. The number of nitrogens with two attached hydrogens (primary N) is 1. The first kappa shape index (κ1) is 14.4. The monoisotopic (exact) mass is 347 g/mol. The maximum absolute atomic E-state index is 6.44. The Morgan fingerprint density at radius 2 is 2.14 bits per heavy atom. The van der Waals surface area contributed by atoms with Crippen LogP contribution in [-0.4, -0.2) is 9.78 Å². The standard InChI is InChI=1S/C16H18BrN3O/c1-4-20-10(3)14(9(2)19-20)15(18)13-8-11-6-5-7-12(17)16(11)21-13/h5-8,15H,4,18H2,1-3H3. The van der Waals surface area contributed by atoms with Crippen molar-refractivity contribution in [3.63, 3.8) is 0 Å². The molecule has 0 spiro atoms. The highest BCUT2D eigenvalue weighted by Gasteiger charge is 2.22. The molecule has 0 aliphatic heterocycles. The van der Waals surface area contributed by atoms with Crippen LogP contribution < -0.4 is 5.73 Å². The molecule has 0 saturated carbocycles. The van der Waals surface area contributed by atoms with Gasteiger partial charge >= 0.3 is 0 Å². The van der Waals surface area contributed by atoms with Crippen molar-refractivity contribution in [2.24, 2.45) is 5.73 Å². The maximum Gasteiger partial charge on any atom is 0.148 e. The predicted molar refractivity (Wildman–Crippen MR) is 87.3 cm³/mol. The summed E-state index contributed by atoms with van der Waals surface area (Å²) in [6, 6.07) is 7.68. The van der Waals surface area contributed by atoms with Crippen LogP contribution in [0.1, 0.15) is 35.7 Å². The Morgan fingerprint density at radius 3 is 2.76 bits per heavy atom. The molecular weight excluding hydrogens is 330 g/mol. The van der Waals surface area contributed by atoms with Crippen molar-refractivity contribution < 1.29 is 4.42 Å². The summed E-state index contributed by atoms with van der Waals surface area (Å²) in [6.07, 6.45) is 0. The zero-order chi connectivity index (χ0) is 15.1. The van der Waals surface area contributed by atoms with E-state index in [1.165, 1.54) is 0 Å². The van der Waals surface area contributed by atoms with E-state index < -0.39 is 0 Å². The van der Waals surface area contributed by atoms with Crippen LogP contribution in [0, 0.1) is 13.8 Å². The zero-order valence-corrected chi connectivity index (χ0v) is 13.9. The maximum atomic E-state index is 6.44. The van der Waals surface area contributed by atoms with Crippen LogP contribution in [0.4, 0.5) is 0 Å². The fraction of sp³-hybridized carbons (Fsp3) is 0.312. The van der Waals surface area contributed by atoms with Gasteiger partial charge in [0.05, 0.1) is 16.2 Å². The van der Waals surface area contributed by atoms with Gasteiger partial charge in [0.25, 0.3) is 0 Å². The number of halogens is 1. The molecular formula is C16H18BrN3O. The Hall–Kier alpha value is -1.59. The largest absolute Gasteiger partial charge is 0.458 e. The summed E-state index contributed by atoms with van der Waals surface area (Å²) in [7, 11) is 0. The summed E-state index contributed by atoms with van der Waals surface area (Å²) in [5, 5.41) is 5.58. The molecule has 0 aliphatic rings. The lowest BCUT2D eigenvalue weighted by molar-refractivity contribution is 0.521. The minimum absolute atomic E-state index is 0.301. The van der Waals surface area contributed by atoms with Gasteiger partial charge in [-0.1, -0.05) is 12.1 Å². The molecule has 0 aliphatic carbocycles. The molecule has 110 valence electrons. The summed E-state index contributed by atoms with van der Waals surface area (Å²) in [5.74, 6) is 0.763. The van der Waals surface area contributed by atoms with Gasteiger partial charge in [-0.15, -0.1) is 0 Å². The first-order valence-electron chi connectivity index (χ1n) is 7.00. The lowest BCUT2D eigenvalue weighted by Gasteiger charge is -2.09. The normalized spacial score (nSPS) is 13.0. The minimum Gasteiger partial charge on any atom is -0.458 e. The lowest BCUT2D eigenvalue weighted by Crippen LogP contribution is -2.13. The van der Waals surface area contributed by atoms with E-state index in [4.69, 9.17) is 10.2 Å². The Bertz CT molecular complexity index is 803. The molecule has 0 bridgehead atoms. The summed E-state index contributed by atoms with van der Waals surface area (Å²) < 4.78 is 8.88. The minimum atomic E-state index is -0.301. The molecule has 2 heterocycles. The second kappa shape index (κ2) is 5.31. The van der Waals surface area contributed by atoms with Crippen LogP contribution >= 0.6 is 15.9 Å². The fourth-order valence-electron chi connectivity index (χ4n) is 2.81. The number of benzene rings is 1. The second-order valence-electron chi connectivity index (χ2n) is 5.18. The Kier molecular flexibility index (Phi) is 3.63. The van der Waals surface area contributed by atoms with E-state index in [9.17, 15) is 0 Å². The van der Waals surface area contributed by atoms with Gasteiger partial charge < -0.3 is 10.2 Å². The third kappa shape index (κ3) is 2.30. The third-order valence-electron chi connectivity index (χ3n) is 3.87. The van der Waals surface area contributed by atoms with Gasteiger partial charge in [-0.3, -0.25) is 4.68 Å². The molecule has 4 nitrogen and oxygen atoms in total. The molecule has 1 aromatic carbocycles. The van der Waals surface area contributed by atoms with E-state index in [0.29, 0.717) is 0 Å². The molecule has 1 atom stereocenters. The van der Waals surface area contributed by atoms with E-state index in [1.807, 2.05) is 35.9 Å². The van der Waals surface area contributed by atoms with Gasteiger partial charge in [-0.05, 0) is 48.8 Å². The van der Waals surface area contributed by atoms with Crippen LogP contribution in [0.15, 0.2) is 33.2 Å². The van der Waals surface area contributed by atoms with Crippen molar-refractivity contribution >= 4 is 26.9 Å². The lowest BCUT2D eigenvalue weighted by atomic mass is 10.0. The summed E-state index contributed by atoms with van der Waals surface area (Å²) in [4.78, 5) is 0. The Labute approximate surface area is 132 Å². The van der Waals surface area contributed by atoms with E-state index in [-0.39, 0.29) is 6.04 Å². The molecule has 3 rings (SSSR count). The number of aryl methyl sites for hydroxylation is 2. The highest BCUT2D eigenvalue weighted by Crippen LogP contribution is 2.33. The van der Waals surface area contributed by atoms with Crippen LogP contribution in [0.2, 0.25) is 0 Å². The van der Waals surface area contributed by atoms with Crippen LogP contribution in [0.5, 0.6) is 0 Å². The molecule has 1 unspecified atom stereocenters. The topological polar surface area (TPSA) is 57.0 Å². The second-order valence-corrected chi connectivity index (χ2v) is 6.04. The highest BCUT2D eigenvalue weighted by atomic mass is 79.9. The molecule has 0 amide bonds. The molecule has 21 heavy (non-hydrogen) atoms. The quantitative estimate of drug-likeness (QED) is 0.776. The number of nitrogens with zero attached hydrogens (tertiary/aromatic N) is 2. The number of furan rings is 1. The molecule has 0 fully saturated rings. The number of para-hydroxylation sites is 1. The first-order chi connectivity index (χ1) is 10.0. The number of aromatic nitrogens is 2. The molecule has 2 N–H and O–H groups in total. The highest BCUT2D eigenvalue weighted by molar-refractivity contribution is 9.10. The van der Waals surface area contributed by atoms with Gasteiger partial charge in [-0.2, -0.15) is 5.10 Å². The number of hydrogen-bond donors (Lipinski definition) is 1. The average molecular weight is 348 g/mol. The molecule has 0 saturated heterocycles. The molecule has 3 aromatic rings. The molecule has 5 heteroatoms. The number of hydrogen-bond acceptors (Lipinski definition) is 3. The smallest absolute Gasteiger partial charge is 0.148 e. The van der Waals surface area contributed by atoms with Gasteiger partial charge in [0, 0.05) is 23.2 Å². The van der Waals surface area contributed by atoms with Gasteiger partial charge in [0.2, 0.25) is 0 Å². The van der Waals surface area contributed by atoms with E-state index in [0.717, 1.165) is 44.7 Å². The fourth-order valence-corrected chi connectivity index (χ4v) is 3.27. The Balaban J connectivity index is 2.10. The molecule has 0 radical (unpaired) electrons. The van der Waals surface area contributed by atoms with Crippen molar-refractivity contribution in [3.05, 3.63) is 51.4 Å². The summed E-state index contributed by atoms with van der Waals surface area (Å²) >= 11 is 3.51. The molecule has 2 aromatic heterocycles. The van der Waals surface area contributed by atoms with Crippen LogP contribution in [0.25, 0.3) is 11.0 Å². The predicted octanol–water partition coefficient (Wildman–Crippen LogP) is 4.08. The van der Waals surface area contributed by atoms with E-state index >= 15 is 0 Å². The summed E-state index contributed by atoms with van der Waals surface area (Å²) in [5.41, 5.74) is 10.4. The van der Waals surface area contributed by atoms with E-state index in [2.05, 4.69) is 34.9 Å². The van der Waals surface area contributed by atoms with Crippen molar-refractivity contribution in [3.8, 4) is 0 Å². The van der Waals surface area contributed by atoms with Gasteiger partial charge in [0.1, 0.15) is 11.3 Å². The summed E-state index contributed by atoms with van der Waals surface area (Å²) in [6.45, 7) is 6.96. The van der Waals surface area contributed by atoms with Crippen molar-refractivity contribution in [1.82, 2.24) is 9.78 Å². The van der Waals surface area contributed by atoms with Gasteiger partial charge in [0.15, 0.2) is 0 Å². The Morgan fingerprint density at radius 1 is 1.38 bits per heavy atom. The van der Waals surface area contributed by atoms with Crippen molar-refractivity contribution in [2.45, 2.75) is 33.4 Å². The number of fused-ring (bicyclic) bond motifs is 1. The van der Waals surface area contributed by atoms with E-state index in [1.54, 1.807) is 0 Å². The van der Waals surface area contributed by atoms with Crippen molar-refractivity contribution in [2.75, 3.05) is 0 Å². The van der Waals surface area contributed by atoms with Gasteiger partial charge in [-0.25, -0.2) is 0 Å². The first-order valence-corrected chi connectivity index (χ1v) is 7.79. The average Bonchev–Trinajstić information content (AvgIpc) is 3.01. The van der Waals surface area contributed by atoms with Crippen molar-refractivity contribution in [1.29, 1.82) is 0 Å². The van der Waals surface area contributed by atoms with Crippen LogP contribution in [-0.2, 0) is 6.54 Å². The SMILES string of the molecule is CCn1nc(C)c(C(N)c2cc3cccc(Br)c3o2)c1C. The third-order valence-corrected chi connectivity index (χ3v) is 4.49. The number of rotatable bonds is 3.